The lowest BCUT2D eigenvalue weighted by atomic mass is 9.88. The molecule has 1 aliphatic carbocycles. The first kappa shape index (κ1) is 22.3. The van der Waals surface area contributed by atoms with Crippen molar-refractivity contribution in [3.8, 4) is 11.5 Å². The molecule has 1 aliphatic heterocycles. The third kappa shape index (κ3) is 4.46. The van der Waals surface area contributed by atoms with Crippen molar-refractivity contribution in [2.24, 2.45) is 0 Å². The maximum absolute atomic E-state index is 13.6. The maximum Gasteiger partial charge on any atom is 0.264 e. The lowest BCUT2D eigenvalue weighted by molar-refractivity contribution is -0.120. The zero-order chi connectivity index (χ0) is 23.5. The molecule has 0 saturated heterocycles. The van der Waals surface area contributed by atoms with Gasteiger partial charge in [0.1, 0.15) is 19.8 Å². The molecule has 8 heteroatoms. The number of aryl methyl sites for hydroxylation is 1. The molecular weight excluding hydrogens is 452 g/mol. The minimum atomic E-state index is -4.00. The standard InChI is InChI=1S/C26H26N2O5S/c29-26(27-23-12-6-8-19-7-4-5-11-22(19)23)18-28(34(30,31)21-9-2-1-3-10-21)20-13-14-24-25(17-20)33-16-15-32-24/h1-5,7,9-11,13-14,17,23H,6,8,12,15-16,18H2,(H,27,29)/t23-/m1/s1. The summed E-state index contributed by atoms with van der Waals surface area (Å²) in [5.41, 5.74) is 2.66. The van der Waals surface area contributed by atoms with Crippen molar-refractivity contribution < 1.29 is 22.7 Å². The summed E-state index contributed by atoms with van der Waals surface area (Å²) in [7, 11) is -4.00. The molecule has 0 spiro atoms. The van der Waals surface area contributed by atoms with Gasteiger partial charge in [0.2, 0.25) is 5.91 Å². The normalized spacial score (nSPS) is 16.9. The van der Waals surface area contributed by atoms with Crippen molar-refractivity contribution in [3.63, 3.8) is 0 Å². The first-order valence-corrected chi connectivity index (χ1v) is 12.8. The number of sulfonamides is 1. The van der Waals surface area contributed by atoms with E-state index in [-0.39, 0.29) is 23.4 Å². The molecule has 3 aromatic carbocycles. The molecule has 5 rings (SSSR count). The number of ether oxygens (including phenoxy) is 2. The predicted octanol–water partition coefficient (Wildman–Crippen LogP) is 3.85. The van der Waals surface area contributed by atoms with Gasteiger partial charge in [-0.1, -0.05) is 42.5 Å². The number of hydrogen-bond acceptors (Lipinski definition) is 5. The van der Waals surface area contributed by atoms with Gasteiger partial charge in [0.25, 0.3) is 10.0 Å². The summed E-state index contributed by atoms with van der Waals surface area (Å²) in [5, 5.41) is 3.06. The zero-order valence-corrected chi connectivity index (χ0v) is 19.5. The topological polar surface area (TPSA) is 84.9 Å². The van der Waals surface area contributed by atoms with Crippen LogP contribution in [0.1, 0.15) is 30.0 Å². The van der Waals surface area contributed by atoms with Gasteiger partial charge in [-0.3, -0.25) is 9.10 Å². The van der Waals surface area contributed by atoms with Crippen molar-refractivity contribution >= 4 is 21.6 Å². The van der Waals surface area contributed by atoms with E-state index in [0.29, 0.717) is 30.4 Å². The fourth-order valence-corrected chi connectivity index (χ4v) is 5.93. The molecule has 0 radical (unpaired) electrons. The molecule has 0 saturated carbocycles. The Morgan fingerprint density at radius 3 is 2.50 bits per heavy atom. The second-order valence-electron chi connectivity index (χ2n) is 8.36. The fraction of sp³-hybridized carbons (Fsp3) is 0.269. The van der Waals surface area contributed by atoms with Gasteiger partial charge in [-0.2, -0.15) is 0 Å². The maximum atomic E-state index is 13.6. The minimum absolute atomic E-state index is 0.112. The molecule has 34 heavy (non-hydrogen) atoms. The third-order valence-corrected chi connectivity index (χ3v) is 7.92. The monoisotopic (exact) mass is 478 g/mol. The van der Waals surface area contributed by atoms with E-state index in [1.165, 1.54) is 17.7 Å². The Labute approximate surface area is 199 Å². The van der Waals surface area contributed by atoms with Gasteiger partial charge in [-0.15, -0.1) is 0 Å². The number of nitrogens with one attached hydrogen (secondary N) is 1. The van der Waals surface area contributed by atoms with Gasteiger partial charge in [-0.05, 0) is 54.7 Å². The highest BCUT2D eigenvalue weighted by Gasteiger charge is 2.30. The van der Waals surface area contributed by atoms with Crippen LogP contribution in [0, 0.1) is 0 Å². The second kappa shape index (κ2) is 9.38. The predicted molar refractivity (Wildman–Crippen MR) is 129 cm³/mol. The van der Waals surface area contributed by atoms with Crippen molar-refractivity contribution in [2.75, 3.05) is 24.1 Å². The van der Waals surface area contributed by atoms with Crippen LogP contribution in [0.25, 0.3) is 0 Å². The molecule has 1 atom stereocenters. The highest BCUT2D eigenvalue weighted by atomic mass is 32.2. The Morgan fingerprint density at radius 2 is 1.68 bits per heavy atom. The Morgan fingerprint density at radius 1 is 0.941 bits per heavy atom. The summed E-state index contributed by atoms with van der Waals surface area (Å²) in [5.74, 6) is 0.644. The summed E-state index contributed by atoms with van der Waals surface area (Å²) >= 11 is 0. The third-order valence-electron chi connectivity index (χ3n) is 6.14. The fourth-order valence-electron chi connectivity index (χ4n) is 4.50. The lowest BCUT2D eigenvalue weighted by Crippen LogP contribution is -2.42. The molecule has 0 aromatic heterocycles. The Hall–Kier alpha value is -3.52. The Kier molecular flexibility index (Phi) is 6.15. The van der Waals surface area contributed by atoms with Crippen LogP contribution in [-0.2, 0) is 21.2 Å². The molecule has 2 aliphatic rings. The van der Waals surface area contributed by atoms with E-state index < -0.39 is 10.0 Å². The van der Waals surface area contributed by atoms with Crippen LogP contribution >= 0.6 is 0 Å². The highest BCUT2D eigenvalue weighted by molar-refractivity contribution is 7.92. The van der Waals surface area contributed by atoms with Gasteiger partial charge in [-0.25, -0.2) is 8.42 Å². The largest absolute Gasteiger partial charge is 0.486 e. The first-order valence-electron chi connectivity index (χ1n) is 11.4. The lowest BCUT2D eigenvalue weighted by Gasteiger charge is -2.29. The molecule has 3 aromatic rings. The summed E-state index contributed by atoms with van der Waals surface area (Å²) in [6, 6.07) is 21.0. The molecule has 1 N–H and O–H groups in total. The van der Waals surface area contributed by atoms with Gasteiger partial charge in [0, 0.05) is 6.07 Å². The molecule has 7 nitrogen and oxygen atoms in total. The van der Waals surface area contributed by atoms with Crippen molar-refractivity contribution in [3.05, 3.63) is 83.9 Å². The van der Waals surface area contributed by atoms with E-state index in [4.69, 9.17) is 9.47 Å². The minimum Gasteiger partial charge on any atom is -0.486 e. The number of carbonyl (C=O) groups is 1. The van der Waals surface area contributed by atoms with Gasteiger partial charge in [0.05, 0.1) is 16.6 Å². The van der Waals surface area contributed by atoms with Crippen LogP contribution in [0.4, 0.5) is 5.69 Å². The summed E-state index contributed by atoms with van der Waals surface area (Å²) in [6.07, 6.45) is 2.77. The molecule has 176 valence electrons. The smallest absolute Gasteiger partial charge is 0.264 e. The van der Waals surface area contributed by atoms with Crippen molar-refractivity contribution in [1.82, 2.24) is 5.32 Å². The number of amides is 1. The summed E-state index contributed by atoms with van der Waals surface area (Å²) in [6.45, 7) is 0.461. The number of benzene rings is 3. The quantitative estimate of drug-likeness (QED) is 0.582. The number of rotatable bonds is 6. The number of carbonyl (C=O) groups excluding carboxylic acids is 1. The van der Waals surface area contributed by atoms with Crippen molar-refractivity contribution in [2.45, 2.75) is 30.2 Å². The van der Waals surface area contributed by atoms with Crippen LogP contribution in [0.5, 0.6) is 11.5 Å². The molecule has 0 bridgehead atoms. The first-order chi connectivity index (χ1) is 16.5. The SMILES string of the molecule is O=C(CN(c1ccc2c(c1)OCCO2)S(=O)(=O)c1ccccc1)N[C@@H]1CCCc2ccccc21. The van der Waals surface area contributed by atoms with E-state index in [1.54, 1.807) is 36.4 Å². The van der Waals surface area contributed by atoms with E-state index in [0.717, 1.165) is 29.1 Å². The number of hydrogen-bond donors (Lipinski definition) is 1. The molecule has 1 amide bonds. The van der Waals surface area contributed by atoms with Crippen LogP contribution in [0.15, 0.2) is 77.7 Å². The molecular formula is C26H26N2O5S. The average molecular weight is 479 g/mol. The highest BCUT2D eigenvalue weighted by Crippen LogP contribution is 2.36. The van der Waals surface area contributed by atoms with Gasteiger partial charge >= 0.3 is 0 Å². The Bertz CT molecular complexity index is 1290. The zero-order valence-electron chi connectivity index (χ0n) is 18.6. The van der Waals surface area contributed by atoms with E-state index >= 15 is 0 Å². The molecule has 1 heterocycles. The van der Waals surface area contributed by atoms with Crippen LogP contribution < -0.4 is 19.1 Å². The van der Waals surface area contributed by atoms with Crippen molar-refractivity contribution in [1.29, 1.82) is 0 Å². The number of fused-ring (bicyclic) bond motifs is 2. The average Bonchev–Trinajstić information content (AvgIpc) is 2.88. The van der Waals surface area contributed by atoms with Crippen LogP contribution in [0.2, 0.25) is 0 Å². The molecule has 0 unspecified atom stereocenters. The van der Waals surface area contributed by atoms with E-state index in [9.17, 15) is 13.2 Å². The number of nitrogens with zero attached hydrogens (tertiary/aromatic N) is 1. The van der Waals surface area contributed by atoms with E-state index in [2.05, 4.69) is 11.4 Å². The van der Waals surface area contributed by atoms with Gasteiger partial charge < -0.3 is 14.8 Å². The second-order valence-corrected chi connectivity index (χ2v) is 10.2. The number of anilines is 1. The van der Waals surface area contributed by atoms with Crippen LogP contribution in [-0.4, -0.2) is 34.1 Å². The summed E-state index contributed by atoms with van der Waals surface area (Å²) in [4.78, 5) is 13.3. The Balaban J connectivity index is 1.45. The molecule has 0 fully saturated rings. The van der Waals surface area contributed by atoms with E-state index in [1.807, 2.05) is 18.2 Å². The van der Waals surface area contributed by atoms with Gasteiger partial charge in [0.15, 0.2) is 11.5 Å². The van der Waals surface area contributed by atoms with Crippen LogP contribution in [0.3, 0.4) is 0 Å². The summed E-state index contributed by atoms with van der Waals surface area (Å²) < 4.78 is 39.6.